The van der Waals surface area contributed by atoms with Crippen molar-refractivity contribution >= 4 is 6.21 Å². The molecule has 0 saturated carbocycles. The van der Waals surface area contributed by atoms with Crippen LogP contribution in [0.2, 0.25) is 0 Å². The Bertz CT molecular complexity index is 224. The van der Waals surface area contributed by atoms with Gasteiger partial charge < -0.3 is 10.2 Å². The molecule has 2 rings (SSSR count). The molecule has 0 aromatic heterocycles. The molecule has 0 radical (unpaired) electrons. The number of hydrogen-bond donors (Lipinski definition) is 1. The average molecular weight is 166 g/mol. The van der Waals surface area contributed by atoms with Crippen molar-refractivity contribution in [1.82, 2.24) is 10.2 Å². The summed E-state index contributed by atoms with van der Waals surface area (Å²) in [5.74, 6) is 0. The van der Waals surface area contributed by atoms with Crippen molar-refractivity contribution in [3.8, 4) is 0 Å². The second-order valence-electron chi connectivity index (χ2n) is 3.41. The molecule has 0 spiro atoms. The summed E-state index contributed by atoms with van der Waals surface area (Å²) < 4.78 is 2.15. The average Bonchev–Trinajstić information content (AvgIpc) is 2.54. The fourth-order valence-corrected chi connectivity index (χ4v) is 1.74. The highest BCUT2D eigenvalue weighted by Crippen LogP contribution is 2.12. The molecule has 2 aliphatic rings. The molecular weight excluding hydrogens is 150 g/mol. The van der Waals surface area contributed by atoms with Gasteiger partial charge in [-0.1, -0.05) is 0 Å². The zero-order valence-corrected chi connectivity index (χ0v) is 7.58. The number of nitrogens with zero attached hydrogens (tertiary/aromatic N) is 2. The highest BCUT2D eigenvalue weighted by Gasteiger charge is 2.18. The molecule has 2 aliphatic heterocycles. The minimum absolute atomic E-state index is 1.11. The summed E-state index contributed by atoms with van der Waals surface area (Å²) >= 11 is 0. The van der Waals surface area contributed by atoms with E-state index in [-0.39, 0.29) is 0 Å². The van der Waals surface area contributed by atoms with E-state index in [9.17, 15) is 0 Å². The first-order chi connectivity index (χ1) is 5.86. The van der Waals surface area contributed by atoms with E-state index in [1.165, 1.54) is 5.70 Å². The van der Waals surface area contributed by atoms with Crippen LogP contribution in [0, 0.1) is 0 Å². The molecule has 0 bridgehead atoms. The van der Waals surface area contributed by atoms with Crippen LogP contribution in [0.25, 0.3) is 0 Å². The normalized spacial score (nSPS) is 23.9. The summed E-state index contributed by atoms with van der Waals surface area (Å²) in [5.41, 5.74) is 1.47. The van der Waals surface area contributed by atoms with Crippen molar-refractivity contribution in [3.05, 3.63) is 11.9 Å². The van der Waals surface area contributed by atoms with E-state index < -0.39 is 0 Å². The summed E-state index contributed by atoms with van der Waals surface area (Å²) in [6.45, 7) is 4.57. The Morgan fingerprint density at radius 1 is 1.42 bits per heavy atom. The third-order valence-electron chi connectivity index (χ3n) is 2.46. The Labute approximate surface area is 73.4 Å². The third kappa shape index (κ3) is 1.50. The molecule has 66 valence electrons. The number of allylic oxidation sites excluding steroid dienone is 1. The van der Waals surface area contributed by atoms with Crippen molar-refractivity contribution in [3.63, 3.8) is 0 Å². The molecule has 0 atom stereocenters. The van der Waals surface area contributed by atoms with Gasteiger partial charge in [-0.15, -0.1) is 0 Å². The maximum atomic E-state index is 3.36. The molecule has 0 aromatic carbocycles. The molecule has 1 saturated heterocycles. The van der Waals surface area contributed by atoms with E-state index in [0.717, 1.165) is 32.6 Å². The molecule has 1 N–H and O–H groups in total. The van der Waals surface area contributed by atoms with Crippen LogP contribution in [0.4, 0.5) is 0 Å². The first kappa shape index (κ1) is 7.80. The zero-order chi connectivity index (χ0) is 8.39. The van der Waals surface area contributed by atoms with Gasteiger partial charge in [0, 0.05) is 26.2 Å². The predicted octanol–water partition coefficient (Wildman–Crippen LogP) is -0.150. The van der Waals surface area contributed by atoms with Crippen LogP contribution in [0.5, 0.6) is 0 Å². The Balaban J connectivity index is 1.96. The van der Waals surface area contributed by atoms with E-state index in [2.05, 4.69) is 34.3 Å². The molecule has 12 heavy (non-hydrogen) atoms. The van der Waals surface area contributed by atoms with Crippen LogP contribution in [0.1, 0.15) is 6.42 Å². The van der Waals surface area contributed by atoms with Gasteiger partial charge in [-0.05, 0) is 0 Å². The van der Waals surface area contributed by atoms with Crippen LogP contribution in [0.3, 0.4) is 0 Å². The molecule has 0 unspecified atom stereocenters. The maximum Gasteiger partial charge on any atom is 0.188 e. The molecule has 3 nitrogen and oxygen atoms in total. The van der Waals surface area contributed by atoms with Crippen molar-refractivity contribution < 1.29 is 4.58 Å². The summed E-state index contributed by atoms with van der Waals surface area (Å²) in [6, 6.07) is 0. The highest BCUT2D eigenvalue weighted by molar-refractivity contribution is 5.58. The highest BCUT2D eigenvalue weighted by atomic mass is 15.2. The van der Waals surface area contributed by atoms with Gasteiger partial charge in [0.1, 0.15) is 7.05 Å². The van der Waals surface area contributed by atoms with Crippen molar-refractivity contribution in [1.29, 1.82) is 0 Å². The fourth-order valence-electron chi connectivity index (χ4n) is 1.74. The molecule has 1 fully saturated rings. The molecule has 0 amide bonds. The Kier molecular flexibility index (Phi) is 2.13. The third-order valence-corrected chi connectivity index (χ3v) is 2.46. The lowest BCUT2D eigenvalue weighted by Gasteiger charge is -2.28. The summed E-state index contributed by atoms with van der Waals surface area (Å²) in [5, 5.41) is 3.36. The second kappa shape index (κ2) is 3.27. The number of rotatable bonds is 1. The predicted molar refractivity (Wildman–Crippen MR) is 49.4 cm³/mol. The fraction of sp³-hybridized carbons (Fsp3) is 0.667. The van der Waals surface area contributed by atoms with Gasteiger partial charge in [0.05, 0.1) is 12.1 Å². The van der Waals surface area contributed by atoms with Crippen LogP contribution < -0.4 is 5.32 Å². The number of hydrogen-bond acceptors (Lipinski definition) is 2. The number of nitrogens with one attached hydrogen (secondary N) is 1. The quantitative estimate of drug-likeness (QED) is 0.546. The van der Waals surface area contributed by atoms with Crippen molar-refractivity contribution in [2.24, 2.45) is 0 Å². The van der Waals surface area contributed by atoms with E-state index in [1.54, 1.807) is 0 Å². The minimum atomic E-state index is 1.11. The Morgan fingerprint density at radius 3 is 2.75 bits per heavy atom. The molecule has 0 aliphatic carbocycles. The molecule has 3 heteroatoms. The maximum absolute atomic E-state index is 3.36. The second-order valence-corrected chi connectivity index (χ2v) is 3.41. The minimum Gasteiger partial charge on any atom is -0.367 e. The van der Waals surface area contributed by atoms with Crippen LogP contribution in [-0.2, 0) is 0 Å². The lowest BCUT2D eigenvalue weighted by molar-refractivity contribution is -0.414. The van der Waals surface area contributed by atoms with E-state index in [4.69, 9.17) is 0 Å². The van der Waals surface area contributed by atoms with Gasteiger partial charge in [-0.25, -0.2) is 4.58 Å². The Morgan fingerprint density at radius 2 is 2.17 bits per heavy atom. The van der Waals surface area contributed by atoms with Gasteiger partial charge in [-0.3, -0.25) is 0 Å². The lowest BCUT2D eigenvalue weighted by atomic mass is 10.3. The first-order valence-electron chi connectivity index (χ1n) is 4.58. The Hall–Kier alpha value is -0.830. The summed E-state index contributed by atoms with van der Waals surface area (Å²) in [4.78, 5) is 2.47. The van der Waals surface area contributed by atoms with Crippen LogP contribution in [0.15, 0.2) is 11.9 Å². The molecule has 0 aromatic rings. The van der Waals surface area contributed by atoms with Gasteiger partial charge in [0.25, 0.3) is 0 Å². The van der Waals surface area contributed by atoms with E-state index in [1.807, 2.05) is 0 Å². The van der Waals surface area contributed by atoms with Crippen molar-refractivity contribution in [2.45, 2.75) is 6.42 Å². The number of piperazine rings is 1. The SMILES string of the molecule is C[N+]1=CCC(N2CCNCC2)=C1. The van der Waals surface area contributed by atoms with Crippen molar-refractivity contribution in [2.75, 3.05) is 33.2 Å². The lowest BCUT2D eigenvalue weighted by Crippen LogP contribution is -2.42. The molecule has 2 heterocycles. The van der Waals surface area contributed by atoms with E-state index in [0.29, 0.717) is 0 Å². The van der Waals surface area contributed by atoms with Gasteiger partial charge in [-0.2, -0.15) is 0 Å². The van der Waals surface area contributed by atoms with E-state index >= 15 is 0 Å². The first-order valence-corrected chi connectivity index (χ1v) is 4.58. The van der Waals surface area contributed by atoms with Crippen LogP contribution in [-0.4, -0.2) is 48.9 Å². The standard InChI is InChI=1S/C9H16N3/c1-11-5-2-9(8-11)12-6-3-10-4-7-12/h5,8,10H,2-4,6-7H2,1H3/q+1. The monoisotopic (exact) mass is 166 g/mol. The van der Waals surface area contributed by atoms with Gasteiger partial charge >= 0.3 is 0 Å². The smallest absolute Gasteiger partial charge is 0.188 e. The van der Waals surface area contributed by atoms with Gasteiger partial charge in [0.2, 0.25) is 0 Å². The zero-order valence-electron chi connectivity index (χ0n) is 7.58. The topological polar surface area (TPSA) is 18.3 Å². The summed E-state index contributed by atoms with van der Waals surface area (Å²) in [7, 11) is 2.09. The molecular formula is C9H16N3+. The largest absolute Gasteiger partial charge is 0.367 e. The van der Waals surface area contributed by atoms with Crippen LogP contribution >= 0.6 is 0 Å². The van der Waals surface area contributed by atoms with Gasteiger partial charge in [0.15, 0.2) is 12.4 Å². The summed E-state index contributed by atoms with van der Waals surface area (Å²) in [6.07, 6.45) is 5.55.